The average molecular weight is 480 g/mol. The minimum absolute atomic E-state index is 0.172. The maximum Gasteiger partial charge on any atom is 0.350 e. The maximum absolute atomic E-state index is 12.5. The van der Waals surface area contributed by atoms with Crippen molar-refractivity contribution in [3.63, 3.8) is 0 Å². The molecule has 1 aliphatic heterocycles. The van der Waals surface area contributed by atoms with Gasteiger partial charge in [0.05, 0.1) is 18.7 Å². The number of amides is 1. The van der Waals surface area contributed by atoms with Crippen LogP contribution in [0.5, 0.6) is 0 Å². The summed E-state index contributed by atoms with van der Waals surface area (Å²) in [5.74, 6) is -2.84. The first-order valence-electron chi connectivity index (χ1n) is 10.2. The molecule has 8 nitrogen and oxygen atoms in total. The van der Waals surface area contributed by atoms with E-state index in [1.165, 1.54) is 7.11 Å². The molecule has 0 spiro atoms. The third-order valence-electron chi connectivity index (χ3n) is 5.33. The molecule has 2 aromatic rings. The third kappa shape index (κ3) is 6.77. The Kier molecular flexibility index (Phi) is 8.63. The molecule has 1 atom stereocenters. The van der Waals surface area contributed by atoms with Crippen molar-refractivity contribution in [3.05, 3.63) is 51.2 Å². The van der Waals surface area contributed by atoms with E-state index < -0.39 is 23.8 Å². The normalized spacial score (nSPS) is 15.8. The van der Waals surface area contributed by atoms with E-state index in [4.69, 9.17) is 16.3 Å². The van der Waals surface area contributed by atoms with Crippen LogP contribution in [-0.2, 0) is 20.9 Å². The summed E-state index contributed by atoms with van der Waals surface area (Å²) in [5, 5.41) is 14.6. The van der Waals surface area contributed by atoms with Gasteiger partial charge in [-0.1, -0.05) is 23.7 Å². The zero-order valence-electron chi connectivity index (χ0n) is 17.8. The van der Waals surface area contributed by atoms with E-state index in [1.54, 1.807) is 11.4 Å². The van der Waals surface area contributed by atoms with E-state index in [2.05, 4.69) is 15.1 Å². The molecular weight excluding hydrogens is 454 g/mol. The molecule has 3 rings (SSSR count). The van der Waals surface area contributed by atoms with Gasteiger partial charge in [-0.2, -0.15) is 0 Å². The van der Waals surface area contributed by atoms with Crippen LogP contribution in [0.3, 0.4) is 0 Å². The number of carboxylic acids is 1. The second kappa shape index (κ2) is 11.4. The molecule has 32 heavy (non-hydrogen) atoms. The average Bonchev–Trinajstić information content (AvgIpc) is 3.22. The lowest BCUT2D eigenvalue weighted by Crippen LogP contribution is -2.48. The van der Waals surface area contributed by atoms with Gasteiger partial charge >= 0.3 is 11.9 Å². The summed E-state index contributed by atoms with van der Waals surface area (Å²) in [6.45, 7) is 4.15. The predicted octanol–water partition coefficient (Wildman–Crippen LogP) is 3.04. The van der Waals surface area contributed by atoms with Gasteiger partial charge in [-0.25, -0.2) is 4.79 Å². The van der Waals surface area contributed by atoms with Crippen LogP contribution >= 0.6 is 22.9 Å². The van der Waals surface area contributed by atoms with Crippen LogP contribution in [0.25, 0.3) is 0 Å². The van der Waals surface area contributed by atoms with Crippen LogP contribution in [-0.4, -0.2) is 72.6 Å². The number of ether oxygens (including phenoxy) is 1. The van der Waals surface area contributed by atoms with E-state index >= 15 is 0 Å². The highest BCUT2D eigenvalue weighted by Gasteiger charge is 2.27. The highest BCUT2D eigenvalue weighted by atomic mass is 35.5. The molecule has 0 radical (unpaired) electrons. The number of methoxy groups -OCH3 is 1. The van der Waals surface area contributed by atoms with Crippen molar-refractivity contribution in [3.8, 4) is 0 Å². The standard InChI is InChI=1S/C22H26ClN3O5S/c1-31-22(30)20-18(5-10-32-20)24-19(27)12-16(21(28)29)14-26-8-6-25(7-9-26)13-15-3-2-4-17(23)11-15/h2-5,10-11,16H,6-9,12-14H2,1H3,(H,24,27)(H,28,29). The van der Waals surface area contributed by atoms with Gasteiger partial charge in [0.25, 0.3) is 0 Å². The molecule has 0 bridgehead atoms. The molecule has 1 aromatic carbocycles. The quantitative estimate of drug-likeness (QED) is 0.533. The summed E-state index contributed by atoms with van der Waals surface area (Å²) in [6.07, 6.45) is -0.172. The molecule has 0 saturated carbocycles. The molecular formula is C22H26ClN3O5S. The summed E-state index contributed by atoms with van der Waals surface area (Å²) in [4.78, 5) is 40.6. The van der Waals surface area contributed by atoms with E-state index in [-0.39, 0.29) is 11.3 Å². The monoisotopic (exact) mass is 479 g/mol. The van der Waals surface area contributed by atoms with Gasteiger partial charge in [-0.3, -0.25) is 19.4 Å². The number of nitrogens with zero attached hydrogens (tertiary/aromatic N) is 2. The first kappa shape index (κ1) is 24.2. The van der Waals surface area contributed by atoms with Crippen molar-refractivity contribution in [2.24, 2.45) is 5.92 Å². The molecule has 1 aliphatic rings. The van der Waals surface area contributed by atoms with Gasteiger partial charge in [0, 0.05) is 50.7 Å². The van der Waals surface area contributed by atoms with Crippen molar-refractivity contribution in [1.29, 1.82) is 0 Å². The number of halogens is 1. The van der Waals surface area contributed by atoms with Crippen molar-refractivity contribution in [1.82, 2.24) is 9.80 Å². The zero-order valence-corrected chi connectivity index (χ0v) is 19.3. The molecule has 1 aromatic heterocycles. The number of piperazine rings is 1. The van der Waals surface area contributed by atoms with Crippen LogP contribution in [0.2, 0.25) is 5.02 Å². The summed E-state index contributed by atoms with van der Waals surface area (Å²) < 4.78 is 4.70. The van der Waals surface area contributed by atoms with Crippen LogP contribution in [0.4, 0.5) is 5.69 Å². The number of nitrogens with one attached hydrogen (secondary N) is 1. The van der Waals surface area contributed by atoms with Gasteiger partial charge in [0.2, 0.25) is 5.91 Å². The molecule has 10 heteroatoms. The Morgan fingerprint density at radius 3 is 2.56 bits per heavy atom. The number of carbonyl (C=O) groups excluding carboxylic acids is 2. The Morgan fingerprint density at radius 2 is 1.91 bits per heavy atom. The molecule has 1 saturated heterocycles. The summed E-state index contributed by atoms with van der Waals surface area (Å²) in [5.41, 5.74) is 1.48. The number of aliphatic carboxylic acids is 1. The van der Waals surface area contributed by atoms with Gasteiger partial charge in [-0.15, -0.1) is 11.3 Å². The Morgan fingerprint density at radius 1 is 1.19 bits per heavy atom. The van der Waals surface area contributed by atoms with E-state index in [1.807, 2.05) is 24.3 Å². The van der Waals surface area contributed by atoms with Crippen molar-refractivity contribution < 1.29 is 24.2 Å². The Balaban J connectivity index is 1.49. The Bertz CT molecular complexity index is 959. The molecule has 1 amide bonds. The van der Waals surface area contributed by atoms with Crippen molar-refractivity contribution in [2.75, 3.05) is 45.2 Å². The van der Waals surface area contributed by atoms with E-state index in [9.17, 15) is 19.5 Å². The molecule has 1 unspecified atom stereocenters. The molecule has 2 heterocycles. The number of benzene rings is 1. The summed E-state index contributed by atoms with van der Waals surface area (Å²) in [7, 11) is 1.27. The third-order valence-corrected chi connectivity index (χ3v) is 6.46. The number of carboxylic acid groups (broad SMARTS) is 1. The topological polar surface area (TPSA) is 99.2 Å². The van der Waals surface area contributed by atoms with Gasteiger partial charge < -0.3 is 15.2 Å². The first-order valence-corrected chi connectivity index (χ1v) is 11.5. The van der Waals surface area contributed by atoms with Crippen LogP contribution < -0.4 is 5.32 Å². The lowest BCUT2D eigenvalue weighted by Gasteiger charge is -2.35. The summed E-state index contributed by atoms with van der Waals surface area (Å²) in [6, 6.07) is 9.37. The lowest BCUT2D eigenvalue weighted by atomic mass is 10.0. The number of rotatable bonds is 9. The van der Waals surface area contributed by atoms with Gasteiger partial charge in [0.1, 0.15) is 4.88 Å². The Labute approximate surface area is 195 Å². The van der Waals surface area contributed by atoms with E-state index in [0.717, 1.165) is 49.6 Å². The molecule has 1 fully saturated rings. The largest absolute Gasteiger partial charge is 0.481 e. The maximum atomic E-state index is 12.5. The van der Waals surface area contributed by atoms with Crippen molar-refractivity contribution in [2.45, 2.75) is 13.0 Å². The van der Waals surface area contributed by atoms with Gasteiger partial charge in [0.15, 0.2) is 0 Å². The number of esters is 1. The molecule has 2 N–H and O–H groups in total. The SMILES string of the molecule is COC(=O)c1sccc1NC(=O)CC(CN1CCN(Cc2cccc(Cl)c2)CC1)C(=O)O. The minimum Gasteiger partial charge on any atom is -0.481 e. The number of hydrogen-bond donors (Lipinski definition) is 2. The van der Waals surface area contributed by atoms with Crippen LogP contribution in [0.15, 0.2) is 35.7 Å². The van der Waals surface area contributed by atoms with Crippen LogP contribution in [0.1, 0.15) is 21.7 Å². The predicted molar refractivity (Wildman–Crippen MR) is 123 cm³/mol. The summed E-state index contributed by atoms with van der Waals surface area (Å²) >= 11 is 7.21. The first-order chi connectivity index (χ1) is 15.4. The zero-order chi connectivity index (χ0) is 23.1. The second-order valence-electron chi connectivity index (χ2n) is 7.65. The lowest BCUT2D eigenvalue weighted by molar-refractivity contribution is -0.144. The number of carbonyl (C=O) groups is 3. The highest BCUT2D eigenvalue weighted by molar-refractivity contribution is 7.12. The van der Waals surface area contributed by atoms with Gasteiger partial charge in [-0.05, 0) is 29.1 Å². The Hall–Kier alpha value is -2.46. The minimum atomic E-state index is -1.01. The fraction of sp³-hybridized carbons (Fsp3) is 0.409. The molecule has 0 aliphatic carbocycles. The smallest absolute Gasteiger partial charge is 0.350 e. The fourth-order valence-corrected chi connectivity index (χ4v) is 4.63. The van der Waals surface area contributed by atoms with Crippen molar-refractivity contribution >= 4 is 46.5 Å². The molecule has 172 valence electrons. The second-order valence-corrected chi connectivity index (χ2v) is 9.00. The number of hydrogen-bond acceptors (Lipinski definition) is 7. The number of thiophene rings is 1. The van der Waals surface area contributed by atoms with E-state index in [0.29, 0.717) is 17.3 Å². The highest BCUT2D eigenvalue weighted by Crippen LogP contribution is 2.24. The number of anilines is 1. The fourth-order valence-electron chi connectivity index (χ4n) is 3.65. The van der Waals surface area contributed by atoms with Crippen LogP contribution in [0, 0.1) is 5.92 Å².